The van der Waals surface area contributed by atoms with Crippen molar-refractivity contribution in [3.8, 4) is 0 Å². The smallest absolute Gasteiger partial charge is 0.344 e. The molecule has 0 radical (unpaired) electrons. The number of rotatable bonds is 6. The number of hydrogen-bond donors (Lipinski definition) is 2. The molecule has 23 heavy (non-hydrogen) atoms. The van der Waals surface area contributed by atoms with Crippen molar-refractivity contribution in [3.63, 3.8) is 0 Å². The third kappa shape index (κ3) is 4.17. The largest absolute Gasteiger partial charge is 0.376 e. The van der Waals surface area contributed by atoms with E-state index in [0.717, 1.165) is 32.3 Å². The Morgan fingerprint density at radius 2 is 2.22 bits per heavy atom. The molecule has 2 heterocycles. The zero-order valence-electron chi connectivity index (χ0n) is 13.4. The first-order valence-corrected chi connectivity index (χ1v) is 9.25. The van der Waals surface area contributed by atoms with E-state index in [9.17, 15) is 9.59 Å². The third-order valence-corrected chi connectivity index (χ3v) is 5.58. The summed E-state index contributed by atoms with van der Waals surface area (Å²) in [4.78, 5) is 24.2. The lowest BCUT2D eigenvalue weighted by Gasteiger charge is -2.16. The number of amides is 1. The van der Waals surface area contributed by atoms with Crippen LogP contribution in [-0.2, 0) is 16.1 Å². The lowest BCUT2D eigenvalue weighted by Crippen LogP contribution is -2.38. The zero-order chi connectivity index (χ0) is 16.2. The van der Waals surface area contributed by atoms with Gasteiger partial charge in [0.05, 0.1) is 17.9 Å². The van der Waals surface area contributed by atoms with E-state index < -0.39 is 0 Å². The Kier molecular flexibility index (Phi) is 5.42. The summed E-state index contributed by atoms with van der Waals surface area (Å²) in [5.41, 5.74) is -0.244. The van der Waals surface area contributed by atoms with Crippen LogP contribution in [0.15, 0.2) is 9.95 Å². The van der Waals surface area contributed by atoms with Gasteiger partial charge in [0.25, 0.3) is 0 Å². The lowest BCUT2D eigenvalue weighted by molar-refractivity contribution is -0.120. The summed E-state index contributed by atoms with van der Waals surface area (Å²) in [5.74, 6) is 0.0148. The van der Waals surface area contributed by atoms with Crippen molar-refractivity contribution in [2.24, 2.45) is 0 Å². The molecule has 0 bridgehead atoms. The second kappa shape index (κ2) is 7.53. The summed E-state index contributed by atoms with van der Waals surface area (Å²) in [7, 11) is 0. The predicted octanol–water partition coefficient (Wildman–Crippen LogP) is 1.29. The molecule has 2 unspecified atom stereocenters. The monoisotopic (exact) mass is 340 g/mol. The van der Waals surface area contributed by atoms with Gasteiger partial charge in [0.2, 0.25) is 5.91 Å². The van der Waals surface area contributed by atoms with Crippen LogP contribution in [0.25, 0.3) is 0 Å². The summed E-state index contributed by atoms with van der Waals surface area (Å²) in [5, 5.41) is 9.90. The van der Waals surface area contributed by atoms with E-state index in [1.165, 1.54) is 24.6 Å². The predicted molar refractivity (Wildman–Crippen MR) is 87.5 cm³/mol. The minimum atomic E-state index is -0.283. The topological polar surface area (TPSA) is 89.0 Å². The molecule has 1 saturated carbocycles. The third-order valence-electron chi connectivity index (χ3n) is 4.49. The van der Waals surface area contributed by atoms with Gasteiger partial charge >= 0.3 is 5.69 Å². The average Bonchev–Trinajstić information content (AvgIpc) is 3.26. The number of H-pyrrole nitrogens is 1. The van der Waals surface area contributed by atoms with Crippen molar-refractivity contribution in [2.45, 2.75) is 74.5 Å². The van der Waals surface area contributed by atoms with E-state index >= 15 is 0 Å². The van der Waals surface area contributed by atoms with E-state index in [0.29, 0.717) is 17.7 Å². The molecule has 1 aliphatic carbocycles. The van der Waals surface area contributed by atoms with Crippen molar-refractivity contribution in [3.05, 3.63) is 10.5 Å². The summed E-state index contributed by atoms with van der Waals surface area (Å²) < 4.78 is 7.17. The van der Waals surface area contributed by atoms with Crippen LogP contribution in [-0.4, -0.2) is 44.7 Å². The van der Waals surface area contributed by atoms with Crippen molar-refractivity contribution in [2.75, 3.05) is 6.61 Å². The molecule has 0 aromatic carbocycles. The maximum Gasteiger partial charge on any atom is 0.344 e. The fourth-order valence-corrected chi connectivity index (χ4v) is 4.02. The quantitative estimate of drug-likeness (QED) is 0.762. The first-order chi connectivity index (χ1) is 11.1. The number of nitrogens with one attached hydrogen (secondary N) is 2. The van der Waals surface area contributed by atoms with Crippen LogP contribution < -0.4 is 11.0 Å². The number of thioether (sulfide) groups is 1. The molecule has 8 heteroatoms. The number of carbonyl (C=O) groups is 1. The fourth-order valence-electron chi connectivity index (χ4n) is 3.15. The summed E-state index contributed by atoms with van der Waals surface area (Å²) in [6.45, 7) is 3.10. The maximum absolute atomic E-state index is 12.3. The highest BCUT2D eigenvalue weighted by atomic mass is 32.2. The standard InChI is InChI=1S/C15H24N4O3S/c1-10(13(20)16-11-5-2-3-6-11)23-15-18-17-14(21)19(15)9-12-7-4-8-22-12/h10-12H,2-9H2,1H3,(H,16,20)(H,17,21). The summed E-state index contributed by atoms with van der Waals surface area (Å²) in [6, 6.07) is 0.304. The number of aromatic amines is 1. The van der Waals surface area contributed by atoms with E-state index in [2.05, 4.69) is 15.5 Å². The van der Waals surface area contributed by atoms with Gasteiger partial charge in [-0.15, -0.1) is 5.10 Å². The van der Waals surface area contributed by atoms with Crippen LogP contribution in [0.2, 0.25) is 0 Å². The Morgan fingerprint density at radius 3 is 2.91 bits per heavy atom. The SMILES string of the molecule is CC(Sc1n[nH]c(=O)n1CC1CCCO1)C(=O)NC1CCCC1. The first-order valence-electron chi connectivity index (χ1n) is 8.37. The van der Waals surface area contributed by atoms with Gasteiger partial charge in [0.1, 0.15) is 0 Å². The molecule has 1 aromatic heterocycles. The summed E-state index contributed by atoms with van der Waals surface area (Å²) >= 11 is 1.32. The van der Waals surface area contributed by atoms with Gasteiger partial charge in [-0.3, -0.25) is 9.36 Å². The molecule has 1 amide bonds. The Morgan fingerprint density at radius 1 is 1.43 bits per heavy atom. The van der Waals surface area contributed by atoms with Gasteiger partial charge in [0, 0.05) is 12.6 Å². The van der Waals surface area contributed by atoms with Gasteiger partial charge in [-0.2, -0.15) is 0 Å². The maximum atomic E-state index is 12.3. The second-order valence-corrected chi connectivity index (χ2v) is 7.61. The number of nitrogens with zero attached hydrogens (tertiary/aromatic N) is 2. The van der Waals surface area contributed by atoms with Crippen LogP contribution in [0.4, 0.5) is 0 Å². The van der Waals surface area contributed by atoms with E-state index in [-0.39, 0.29) is 23.0 Å². The highest BCUT2D eigenvalue weighted by Gasteiger charge is 2.25. The van der Waals surface area contributed by atoms with Gasteiger partial charge in [0.15, 0.2) is 5.16 Å². The number of ether oxygens (including phenoxy) is 1. The second-order valence-electron chi connectivity index (χ2n) is 6.31. The highest BCUT2D eigenvalue weighted by molar-refractivity contribution is 8.00. The van der Waals surface area contributed by atoms with Crippen LogP contribution in [0, 0.1) is 0 Å². The van der Waals surface area contributed by atoms with Gasteiger partial charge < -0.3 is 10.1 Å². The summed E-state index contributed by atoms with van der Waals surface area (Å²) in [6.07, 6.45) is 6.55. The van der Waals surface area contributed by atoms with Crippen molar-refractivity contribution < 1.29 is 9.53 Å². The molecule has 1 aliphatic heterocycles. The molecule has 2 fully saturated rings. The number of hydrogen-bond acceptors (Lipinski definition) is 5. The van der Waals surface area contributed by atoms with Gasteiger partial charge in [-0.25, -0.2) is 9.89 Å². The number of aromatic nitrogens is 3. The molecule has 3 rings (SSSR count). The number of carbonyl (C=O) groups excluding carboxylic acids is 1. The Balaban J connectivity index is 1.60. The Hall–Kier alpha value is -1.28. The van der Waals surface area contributed by atoms with E-state index in [1.807, 2.05) is 6.92 Å². The normalized spacial score (nSPS) is 23.3. The van der Waals surface area contributed by atoms with Crippen LogP contribution in [0.1, 0.15) is 45.4 Å². The minimum absolute atomic E-state index is 0.0148. The van der Waals surface area contributed by atoms with Crippen LogP contribution in [0.5, 0.6) is 0 Å². The van der Waals surface area contributed by atoms with Crippen LogP contribution >= 0.6 is 11.8 Å². The molecule has 2 atom stereocenters. The molecule has 128 valence electrons. The molecule has 0 spiro atoms. The highest BCUT2D eigenvalue weighted by Crippen LogP contribution is 2.23. The molecular weight excluding hydrogens is 316 g/mol. The van der Waals surface area contributed by atoms with E-state index in [4.69, 9.17) is 4.74 Å². The molecule has 1 aromatic rings. The molecule has 1 saturated heterocycles. The fraction of sp³-hybridized carbons (Fsp3) is 0.800. The Bertz CT molecular complexity index is 588. The zero-order valence-corrected chi connectivity index (χ0v) is 14.2. The van der Waals surface area contributed by atoms with Crippen molar-refractivity contribution in [1.82, 2.24) is 20.1 Å². The van der Waals surface area contributed by atoms with Crippen LogP contribution in [0.3, 0.4) is 0 Å². The van der Waals surface area contributed by atoms with Crippen molar-refractivity contribution >= 4 is 17.7 Å². The lowest BCUT2D eigenvalue weighted by atomic mass is 10.2. The molecule has 7 nitrogen and oxygen atoms in total. The Labute approximate surface area is 139 Å². The molecule has 2 aliphatic rings. The first kappa shape index (κ1) is 16.6. The minimum Gasteiger partial charge on any atom is -0.376 e. The van der Waals surface area contributed by atoms with Gasteiger partial charge in [-0.1, -0.05) is 24.6 Å². The average molecular weight is 340 g/mol. The van der Waals surface area contributed by atoms with Crippen molar-refractivity contribution in [1.29, 1.82) is 0 Å². The molecule has 2 N–H and O–H groups in total. The van der Waals surface area contributed by atoms with Gasteiger partial charge in [-0.05, 0) is 32.6 Å². The molecular formula is C15H24N4O3S. The van der Waals surface area contributed by atoms with E-state index in [1.54, 1.807) is 4.57 Å².